The molecule has 4 heteroatoms. The highest BCUT2D eigenvalue weighted by Gasteiger charge is 2.21. The van der Waals surface area contributed by atoms with Gasteiger partial charge < -0.3 is 4.74 Å². The summed E-state index contributed by atoms with van der Waals surface area (Å²) in [4.78, 5) is 13.4. The molecule has 0 saturated heterocycles. The lowest BCUT2D eigenvalue weighted by atomic mass is 10.1. The lowest BCUT2D eigenvalue weighted by molar-refractivity contribution is -0.133. The average Bonchev–Trinajstić information content (AvgIpc) is 3.00. The van der Waals surface area contributed by atoms with Crippen LogP contribution in [-0.2, 0) is 9.53 Å². The number of thioether (sulfide) groups is 1. The van der Waals surface area contributed by atoms with Gasteiger partial charge in [-0.2, -0.15) is 0 Å². The monoisotopic (exact) mass is 338 g/mol. The Bertz CT molecular complexity index is 1020. The molecular weight excluding hydrogens is 324 g/mol. The van der Waals surface area contributed by atoms with Gasteiger partial charge in [0, 0.05) is 30.5 Å². The second kappa shape index (κ2) is 5.87. The standard InChI is InChI=1S/C19H14O2S2/c1-21-19(20)14-11-22-17(12-7-3-2-4-8-12)16-13-9-5-6-10-15(13)23-18(14)16/h2-10H,11H2,1H3. The minimum Gasteiger partial charge on any atom is -0.466 e. The Kier molecular flexibility index (Phi) is 3.71. The molecule has 0 radical (unpaired) electrons. The van der Waals surface area contributed by atoms with E-state index in [0.29, 0.717) is 5.75 Å². The van der Waals surface area contributed by atoms with E-state index in [4.69, 9.17) is 4.74 Å². The number of hydrogen-bond acceptors (Lipinski definition) is 4. The van der Waals surface area contributed by atoms with Crippen LogP contribution in [0.4, 0.5) is 0 Å². The molecule has 3 aromatic rings. The van der Waals surface area contributed by atoms with Gasteiger partial charge in [-0.1, -0.05) is 48.5 Å². The molecule has 114 valence electrons. The van der Waals surface area contributed by atoms with Crippen molar-refractivity contribution in [1.29, 1.82) is 0 Å². The molecule has 0 saturated carbocycles. The highest BCUT2D eigenvalue weighted by molar-refractivity contribution is 8.08. The molecule has 0 aliphatic carbocycles. The van der Waals surface area contributed by atoms with Gasteiger partial charge in [0.25, 0.3) is 0 Å². The zero-order valence-corrected chi connectivity index (χ0v) is 14.2. The Morgan fingerprint density at radius 1 is 1.04 bits per heavy atom. The quantitative estimate of drug-likeness (QED) is 0.672. The predicted octanol–water partition coefficient (Wildman–Crippen LogP) is 3.13. The van der Waals surface area contributed by atoms with Gasteiger partial charge in [-0.05, 0) is 11.6 Å². The van der Waals surface area contributed by atoms with Crippen LogP contribution in [0.1, 0.15) is 5.56 Å². The zero-order valence-electron chi connectivity index (χ0n) is 12.5. The fraction of sp³-hybridized carbons (Fsp3) is 0.105. The Labute approximate surface area is 142 Å². The average molecular weight is 338 g/mol. The van der Waals surface area contributed by atoms with Crippen molar-refractivity contribution in [1.82, 2.24) is 0 Å². The summed E-state index contributed by atoms with van der Waals surface area (Å²) in [6, 6.07) is 18.7. The number of esters is 1. The molecule has 2 heterocycles. The van der Waals surface area contributed by atoms with Crippen molar-refractivity contribution >= 4 is 49.6 Å². The minimum atomic E-state index is -0.225. The second-order valence-corrected chi connectivity index (χ2v) is 7.29. The molecule has 0 amide bonds. The van der Waals surface area contributed by atoms with Crippen LogP contribution in [0.3, 0.4) is 0 Å². The first-order valence-corrected chi connectivity index (χ1v) is 9.11. The van der Waals surface area contributed by atoms with Crippen molar-refractivity contribution in [2.45, 2.75) is 0 Å². The van der Waals surface area contributed by atoms with Crippen molar-refractivity contribution in [2.75, 3.05) is 12.9 Å². The third kappa shape index (κ3) is 2.38. The summed E-state index contributed by atoms with van der Waals surface area (Å²) in [5, 5.41) is 2.38. The summed E-state index contributed by atoms with van der Waals surface area (Å²) in [5.74, 6) is 0.425. The van der Waals surface area contributed by atoms with Crippen LogP contribution in [0.15, 0.2) is 54.6 Å². The number of ether oxygens (including phenoxy) is 1. The summed E-state index contributed by atoms with van der Waals surface area (Å²) >= 11 is 3.39. The Morgan fingerprint density at radius 2 is 1.78 bits per heavy atom. The van der Waals surface area contributed by atoms with Gasteiger partial charge in [-0.3, -0.25) is 0 Å². The molecule has 1 aliphatic rings. The maximum Gasteiger partial charge on any atom is 0.336 e. The van der Waals surface area contributed by atoms with Crippen LogP contribution in [-0.4, -0.2) is 18.8 Å². The van der Waals surface area contributed by atoms with Gasteiger partial charge in [-0.15, -0.1) is 23.1 Å². The van der Waals surface area contributed by atoms with E-state index in [-0.39, 0.29) is 5.97 Å². The van der Waals surface area contributed by atoms with E-state index < -0.39 is 0 Å². The number of carbonyl (C=O) groups is 1. The van der Waals surface area contributed by atoms with Gasteiger partial charge in [0.05, 0.1) is 12.7 Å². The lowest BCUT2D eigenvalue weighted by Crippen LogP contribution is -2.31. The topological polar surface area (TPSA) is 26.3 Å². The van der Waals surface area contributed by atoms with E-state index in [9.17, 15) is 4.79 Å². The molecule has 4 rings (SSSR count). The summed E-state index contributed by atoms with van der Waals surface area (Å²) in [5.41, 5.74) is 1.97. The first kappa shape index (κ1) is 14.5. The maximum absolute atomic E-state index is 12.2. The van der Waals surface area contributed by atoms with Crippen molar-refractivity contribution in [2.24, 2.45) is 0 Å². The summed E-state index contributed by atoms with van der Waals surface area (Å²) in [7, 11) is 1.45. The SMILES string of the molecule is COC(=O)C1=c2sc3ccccc3c2=C(c2ccccc2)SC1. The fourth-order valence-corrected chi connectivity index (χ4v) is 5.46. The smallest absolute Gasteiger partial charge is 0.336 e. The molecule has 0 spiro atoms. The molecule has 2 aromatic carbocycles. The number of benzene rings is 2. The van der Waals surface area contributed by atoms with Crippen molar-refractivity contribution in [3.8, 4) is 0 Å². The molecule has 0 N–H and O–H groups in total. The fourth-order valence-electron chi connectivity index (χ4n) is 2.86. The van der Waals surface area contributed by atoms with Gasteiger partial charge >= 0.3 is 5.97 Å². The lowest BCUT2D eigenvalue weighted by Gasteiger charge is -2.13. The number of methoxy groups -OCH3 is 1. The number of carbonyl (C=O) groups excluding carboxylic acids is 1. The molecule has 1 aromatic heterocycles. The van der Waals surface area contributed by atoms with Crippen molar-refractivity contribution in [3.63, 3.8) is 0 Å². The van der Waals surface area contributed by atoms with Crippen LogP contribution in [0.5, 0.6) is 0 Å². The van der Waals surface area contributed by atoms with Crippen LogP contribution in [0, 0.1) is 0 Å². The van der Waals surface area contributed by atoms with Gasteiger partial charge in [0.1, 0.15) is 0 Å². The van der Waals surface area contributed by atoms with E-state index in [0.717, 1.165) is 10.1 Å². The number of rotatable bonds is 2. The van der Waals surface area contributed by atoms with Gasteiger partial charge in [-0.25, -0.2) is 4.79 Å². The number of thiophene rings is 1. The van der Waals surface area contributed by atoms with Gasteiger partial charge in [0.2, 0.25) is 0 Å². The third-order valence-electron chi connectivity index (χ3n) is 3.93. The first-order valence-electron chi connectivity index (χ1n) is 7.31. The van der Waals surface area contributed by atoms with Crippen molar-refractivity contribution in [3.05, 3.63) is 69.9 Å². The first-order chi connectivity index (χ1) is 11.3. The predicted molar refractivity (Wildman–Crippen MR) is 97.9 cm³/mol. The Hall–Kier alpha value is -2.04. The molecule has 0 fully saturated rings. The highest BCUT2D eigenvalue weighted by Crippen LogP contribution is 2.31. The molecule has 0 atom stereocenters. The van der Waals surface area contributed by atoms with Crippen molar-refractivity contribution < 1.29 is 9.53 Å². The van der Waals surface area contributed by atoms with Gasteiger partial charge in [0.15, 0.2) is 0 Å². The summed E-state index contributed by atoms with van der Waals surface area (Å²) in [6.07, 6.45) is 0. The second-order valence-electron chi connectivity index (χ2n) is 5.26. The van der Waals surface area contributed by atoms with Crippen LogP contribution in [0.2, 0.25) is 0 Å². The third-order valence-corrected chi connectivity index (χ3v) is 6.32. The molecule has 0 unspecified atom stereocenters. The number of hydrogen-bond donors (Lipinski definition) is 0. The van der Waals surface area contributed by atoms with E-state index in [1.165, 1.54) is 32.9 Å². The highest BCUT2D eigenvalue weighted by atomic mass is 32.2. The molecule has 0 bridgehead atoms. The maximum atomic E-state index is 12.2. The normalized spacial score (nSPS) is 14.0. The number of fused-ring (bicyclic) bond motifs is 3. The van der Waals surface area contributed by atoms with Crippen LogP contribution in [0.25, 0.3) is 20.6 Å². The van der Waals surface area contributed by atoms with Crippen LogP contribution < -0.4 is 9.75 Å². The molecular formula is C19H14O2S2. The van der Waals surface area contributed by atoms with E-state index in [1.54, 1.807) is 23.1 Å². The molecule has 23 heavy (non-hydrogen) atoms. The zero-order chi connectivity index (χ0) is 15.8. The summed E-state index contributed by atoms with van der Waals surface area (Å²) in [6.45, 7) is 0. The van der Waals surface area contributed by atoms with Crippen LogP contribution >= 0.6 is 23.1 Å². The Balaban J connectivity index is 2.19. The summed E-state index contributed by atoms with van der Waals surface area (Å²) < 4.78 is 7.25. The minimum absolute atomic E-state index is 0.225. The van der Waals surface area contributed by atoms with E-state index >= 15 is 0 Å². The van der Waals surface area contributed by atoms with E-state index in [1.807, 2.05) is 12.1 Å². The molecule has 2 nitrogen and oxygen atoms in total. The largest absolute Gasteiger partial charge is 0.466 e. The Morgan fingerprint density at radius 3 is 2.57 bits per heavy atom. The van der Waals surface area contributed by atoms with E-state index in [2.05, 4.69) is 42.5 Å². The molecule has 1 aliphatic heterocycles.